The second-order valence-electron chi connectivity index (χ2n) is 4.59. The summed E-state index contributed by atoms with van der Waals surface area (Å²) in [5.74, 6) is 0.303. The topological polar surface area (TPSA) is 66.5 Å². The zero-order valence-corrected chi connectivity index (χ0v) is 10.8. The molecule has 0 aliphatic heterocycles. The van der Waals surface area contributed by atoms with E-state index >= 15 is 0 Å². The highest BCUT2D eigenvalue weighted by molar-refractivity contribution is 5.43. The normalized spacial score (nSPS) is 12.3. The molecule has 1 unspecified atom stereocenters. The first-order valence-electron chi connectivity index (χ1n) is 6.44. The van der Waals surface area contributed by atoms with E-state index in [4.69, 9.17) is 5.73 Å². The number of hydrogen-bond acceptors (Lipinski definition) is 3. The minimum atomic E-state index is -0.0303. The second kappa shape index (κ2) is 6.36. The van der Waals surface area contributed by atoms with Crippen LogP contribution in [-0.2, 0) is 6.61 Å². The number of aliphatic hydroxyl groups excluding tert-OH is 1. The van der Waals surface area contributed by atoms with Gasteiger partial charge in [-0.2, -0.15) is 0 Å². The molecule has 0 aliphatic rings. The van der Waals surface area contributed by atoms with Crippen LogP contribution in [0.2, 0.25) is 0 Å². The SMILES string of the molecule is NCCC(c1ccccc1)c1cc(CO)ccc1O. The summed E-state index contributed by atoms with van der Waals surface area (Å²) in [4.78, 5) is 0. The molecule has 0 saturated carbocycles. The van der Waals surface area contributed by atoms with Crippen molar-refractivity contribution in [3.8, 4) is 5.75 Å². The Labute approximate surface area is 113 Å². The number of phenols is 1. The molecule has 0 saturated heterocycles. The van der Waals surface area contributed by atoms with Crippen LogP contribution in [0, 0.1) is 0 Å². The average molecular weight is 257 g/mol. The van der Waals surface area contributed by atoms with Gasteiger partial charge in [0.25, 0.3) is 0 Å². The highest BCUT2D eigenvalue weighted by Gasteiger charge is 2.17. The number of nitrogens with two attached hydrogens (primary N) is 1. The monoisotopic (exact) mass is 257 g/mol. The zero-order valence-electron chi connectivity index (χ0n) is 10.8. The third-order valence-corrected chi connectivity index (χ3v) is 3.31. The third kappa shape index (κ3) is 3.13. The summed E-state index contributed by atoms with van der Waals surface area (Å²) in [5, 5.41) is 19.3. The molecule has 19 heavy (non-hydrogen) atoms. The van der Waals surface area contributed by atoms with Crippen LogP contribution in [0.15, 0.2) is 48.5 Å². The summed E-state index contributed by atoms with van der Waals surface area (Å²) in [7, 11) is 0. The molecule has 0 heterocycles. The molecule has 2 aromatic rings. The number of aliphatic hydroxyl groups is 1. The molecule has 3 nitrogen and oxygen atoms in total. The van der Waals surface area contributed by atoms with E-state index in [-0.39, 0.29) is 18.3 Å². The molecule has 1 atom stereocenters. The van der Waals surface area contributed by atoms with Crippen LogP contribution in [0.4, 0.5) is 0 Å². The standard InChI is InChI=1S/C16H19NO2/c17-9-8-14(13-4-2-1-3-5-13)15-10-12(11-18)6-7-16(15)19/h1-7,10,14,18-19H,8-9,11,17H2. The van der Waals surface area contributed by atoms with Crippen LogP contribution < -0.4 is 5.73 Å². The van der Waals surface area contributed by atoms with Crippen LogP contribution in [0.25, 0.3) is 0 Å². The van der Waals surface area contributed by atoms with Crippen molar-refractivity contribution in [2.75, 3.05) is 6.54 Å². The van der Waals surface area contributed by atoms with Gasteiger partial charge >= 0.3 is 0 Å². The van der Waals surface area contributed by atoms with Gasteiger partial charge in [0.2, 0.25) is 0 Å². The summed E-state index contributed by atoms with van der Waals surface area (Å²) in [6, 6.07) is 15.2. The van der Waals surface area contributed by atoms with Crippen LogP contribution in [0.3, 0.4) is 0 Å². The number of phenolic OH excluding ortho intramolecular Hbond substituents is 1. The molecule has 0 fully saturated rings. The van der Waals surface area contributed by atoms with Gasteiger partial charge in [0.05, 0.1) is 6.61 Å². The minimum absolute atomic E-state index is 0.0303. The third-order valence-electron chi connectivity index (χ3n) is 3.31. The quantitative estimate of drug-likeness (QED) is 0.770. The van der Waals surface area contributed by atoms with Gasteiger partial charge in [-0.25, -0.2) is 0 Å². The first-order valence-corrected chi connectivity index (χ1v) is 6.44. The molecule has 0 spiro atoms. The van der Waals surface area contributed by atoms with E-state index in [2.05, 4.69) is 0 Å². The molecule has 0 aromatic heterocycles. The van der Waals surface area contributed by atoms with Crippen LogP contribution in [-0.4, -0.2) is 16.8 Å². The summed E-state index contributed by atoms with van der Waals surface area (Å²) in [5.41, 5.74) is 8.44. The Morgan fingerprint density at radius 1 is 1.05 bits per heavy atom. The molecular weight excluding hydrogens is 238 g/mol. The van der Waals surface area contributed by atoms with Gasteiger partial charge in [0.15, 0.2) is 0 Å². The first-order chi connectivity index (χ1) is 9.26. The van der Waals surface area contributed by atoms with Gasteiger partial charge in [0.1, 0.15) is 5.75 Å². The molecule has 0 radical (unpaired) electrons. The predicted octanol–water partition coefficient (Wildman–Crippen LogP) is 2.37. The van der Waals surface area contributed by atoms with Gasteiger partial charge < -0.3 is 15.9 Å². The van der Waals surface area contributed by atoms with Crippen molar-refractivity contribution >= 4 is 0 Å². The maximum absolute atomic E-state index is 10.1. The van der Waals surface area contributed by atoms with Crippen molar-refractivity contribution in [3.05, 3.63) is 65.2 Å². The van der Waals surface area contributed by atoms with Gasteiger partial charge in [-0.3, -0.25) is 0 Å². The average Bonchev–Trinajstić information content (AvgIpc) is 2.47. The second-order valence-corrected chi connectivity index (χ2v) is 4.59. The predicted molar refractivity (Wildman–Crippen MR) is 76.0 cm³/mol. The minimum Gasteiger partial charge on any atom is -0.508 e. The maximum Gasteiger partial charge on any atom is 0.119 e. The Hall–Kier alpha value is -1.84. The molecule has 0 aliphatic carbocycles. The van der Waals surface area contributed by atoms with Crippen molar-refractivity contribution in [3.63, 3.8) is 0 Å². The van der Waals surface area contributed by atoms with Gasteiger partial charge in [-0.05, 0) is 36.2 Å². The van der Waals surface area contributed by atoms with Gasteiger partial charge in [-0.15, -0.1) is 0 Å². The Bertz CT molecular complexity index is 526. The van der Waals surface area contributed by atoms with Crippen molar-refractivity contribution < 1.29 is 10.2 Å². The van der Waals surface area contributed by atoms with Crippen LogP contribution in [0.5, 0.6) is 5.75 Å². The fourth-order valence-electron chi connectivity index (χ4n) is 2.34. The van der Waals surface area contributed by atoms with Crippen molar-refractivity contribution in [2.45, 2.75) is 18.9 Å². The van der Waals surface area contributed by atoms with E-state index in [0.29, 0.717) is 6.54 Å². The van der Waals surface area contributed by atoms with E-state index in [9.17, 15) is 10.2 Å². The molecule has 4 N–H and O–H groups in total. The van der Waals surface area contributed by atoms with E-state index in [1.807, 2.05) is 36.4 Å². The molecule has 2 rings (SSSR count). The molecule has 100 valence electrons. The van der Waals surface area contributed by atoms with E-state index in [1.54, 1.807) is 12.1 Å². The largest absolute Gasteiger partial charge is 0.508 e. The van der Waals surface area contributed by atoms with Crippen LogP contribution in [0.1, 0.15) is 29.0 Å². The van der Waals surface area contributed by atoms with E-state index in [1.165, 1.54) is 0 Å². The lowest BCUT2D eigenvalue weighted by molar-refractivity contribution is 0.281. The zero-order chi connectivity index (χ0) is 13.7. The van der Waals surface area contributed by atoms with E-state index in [0.717, 1.165) is 23.1 Å². The lowest BCUT2D eigenvalue weighted by Gasteiger charge is -2.19. The Kier molecular flexibility index (Phi) is 4.55. The Morgan fingerprint density at radius 3 is 2.42 bits per heavy atom. The fraction of sp³-hybridized carbons (Fsp3) is 0.250. The number of benzene rings is 2. The van der Waals surface area contributed by atoms with Crippen molar-refractivity contribution in [1.29, 1.82) is 0 Å². The molecule has 2 aromatic carbocycles. The lowest BCUT2D eigenvalue weighted by atomic mass is 9.87. The Morgan fingerprint density at radius 2 is 1.79 bits per heavy atom. The fourth-order valence-corrected chi connectivity index (χ4v) is 2.34. The van der Waals surface area contributed by atoms with Crippen molar-refractivity contribution in [1.82, 2.24) is 0 Å². The smallest absolute Gasteiger partial charge is 0.119 e. The summed E-state index contributed by atoms with van der Waals surface area (Å²) in [6.45, 7) is 0.514. The molecular formula is C16H19NO2. The van der Waals surface area contributed by atoms with Crippen LogP contribution >= 0.6 is 0 Å². The molecule has 3 heteroatoms. The maximum atomic E-state index is 10.1. The van der Waals surface area contributed by atoms with Gasteiger partial charge in [0, 0.05) is 11.5 Å². The first kappa shape index (κ1) is 13.6. The summed E-state index contributed by atoms with van der Waals surface area (Å²) < 4.78 is 0. The highest BCUT2D eigenvalue weighted by Crippen LogP contribution is 2.34. The van der Waals surface area contributed by atoms with Crippen molar-refractivity contribution in [2.24, 2.45) is 5.73 Å². The number of hydrogen-bond donors (Lipinski definition) is 3. The molecule has 0 bridgehead atoms. The number of rotatable bonds is 5. The molecule has 0 amide bonds. The summed E-state index contributed by atoms with van der Waals surface area (Å²) in [6.07, 6.45) is 0.756. The number of aromatic hydroxyl groups is 1. The lowest BCUT2D eigenvalue weighted by Crippen LogP contribution is -2.09. The van der Waals surface area contributed by atoms with Gasteiger partial charge in [-0.1, -0.05) is 36.4 Å². The Balaban J connectivity index is 2.44. The highest BCUT2D eigenvalue weighted by atomic mass is 16.3. The summed E-state index contributed by atoms with van der Waals surface area (Å²) >= 11 is 0. The van der Waals surface area contributed by atoms with E-state index < -0.39 is 0 Å².